The highest BCUT2D eigenvalue weighted by molar-refractivity contribution is 7.47. The summed E-state index contributed by atoms with van der Waals surface area (Å²) in [6.07, 6.45) is 33.4. The van der Waals surface area contributed by atoms with E-state index in [1.54, 1.807) is 0 Å². The fourth-order valence-electron chi connectivity index (χ4n) is 6.84. The Morgan fingerprint density at radius 3 is 0.868 bits per heavy atom. The number of esters is 2. The Labute approximate surface area is 415 Å². The summed E-state index contributed by atoms with van der Waals surface area (Å²) < 4.78 is 54.1. The minimum Gasteiger partial charge on any atom is -0.463 e. The highest BCUT2D eigenvalue weighted by atomic mass is 31.2. The Kier molecular flexibility index (Phi) is 45.4. The number of ether oxygens (including phenoxy) is 2. The summed E-state index contributed by atoms with van der Waals surface area (Å²) in [6.45, 7) is 4.27. The molecule has 0 aromatic carbocycles. The molecule has 0 aromatic rings. The van der Waals surface area contributed by atoms with E-state index in [-0.39, 0.29) is 38.4 Å². The molecule has 0 fully saturated rings. The second-order valence-electron chi connectivity index (χ2n) is 20.6. The van der Waals surface area contributed by atoms with Crippen molar-refractivity contribution in [2.45, 2.75) is 219 Å². The van der Waals surface area contributed by atoms with Gasteiger partial charge in [0.15, 0.2) is 0 Å². The van der Waals surface area contributed by atoms with Gasteiger partial charge in [-0.3, -0.25) is 27.7 Å². The zero-order valence-electron chi connectivity index (χ0n) is 44.7. The normalized spacial score (nSPS) is 14.6. The largest absolute Gasteiger partial charge is 0.472 e. The van der Waals surface area contributed by atoms with Gasteiger partial charge in [0.05, 0.1) is 55.5 Å². The number of carbonyl (C=O) groups is 2. The maximum absolute atomic E-state index is 11.8. The maximum atomic E-state index is 11.8. The fraction of sp³-hybridized carbons (Fsp3) is 0.960. The Bertz CT molecular complexity index is 1270. The van der Waals surface area contributed by atoms with Crippen molar-refractivity contribution in [2.75, 3.05) is 95.0 Å². The summed E-state index contributed by atoms with van der Waals surface area (Å²) in [4.78, 5) is 42.8. The average molecular weight is 1020 g/mol. The SMILES string of the molecule is CCCCCCCCCCCCCCCC(=O)OC[C@@H](O)COP(=O)(O)OCC[N+](C)(C)C.CCCCCCCCCCCCCCCCCC(=O)OC[C@@H](O)COP(=O)(O)OCC[N+](C)(C)C. The van der Waals surface area contributed by atoms with Crippen molar-refractivity contribution in [3.63, 3.8) is 0 Å². The molecule has 0 aliphatic rings. The Hall–Kier alpha value is -1.00. The van der Waals surface area contributed by atoms with Gasteiger partial charge in [-0.1, -0.05) is 181 Å². The van der Waals surface area contributed by atoms with E-state index < -0.39 is 41.1 Å². The highest BCUT2D eigenvalue weighted by Crippen LogP contribution is 2.43. The first-order valence-corrected chi connectivity index (χ1v) is 29.6. The van der Waals surface area contributed by atoms with Crippen molar-refractivity contribution in [1.82, 2.24) is 0 Å². The fourth-order valence-corrected chi connectivity index (χ4v) is 8.34. The van der Waals surface area contributed by atoms with E-state index in [4.69, 9.17) is 27.6 Å². The van der Waals surface area contributed by atoms with Crippen LogP contribution in [0.25, 0.3) is 0 Å². The van der Waals surface area contributed by atoms with E-state index in [0.717, 1.165) is 38.5 Å². The number of aliphatic hydroxyl groups is 2. The lowest BCUT2D eigenvalue weighted by Gasteiger charge is -2.24. The van der Waals surface area contributed by atoms with E-state index in [9.17, 15) is 38.7 Å². The third kappa shape index (κ3) is 55.9. The van der Waals surface area contributed by atoms with Crippen LogP contribution in [-0.4, -0.2) is 148 Å². The predicted molar refractivity (Wildman–Crippen MR) is 273 cm³/mol. The molecule has 0 saturated heterocycles. The molecule has 0 spiro atoms. The van der Waals surface area contributed by atoms with Crippen LogP contribution in [0.4, 0.5) is 0 Å². The van der Waals surface area contributed by atoms with Gasteiger partial charge in [0, 0.05) is 12.8 Å². The summed E-state index contributed by atoms with van der Waals surface area (Å²) in [7, 11) is 3.13. The lowest BCUT2D eigenvalue weighted by molar-refractivity contribution is -0.870. The lowest BCUT2D eigenvalue weighted by atomic mass is 10.0. The summed E-state index contributed by atoms with van der Waals surface area (Å²) in [5, 5.41) is 19.6. The molecule has 0 radical (unpaired) electrons. The number of hydrogen-bond acceptors (Lipinski definition) is 12. The molecule has 2 unspecified atom stereocenters. The van der Waals surface area contributed by atoms with Gasteiger partial charge in [0.1, 0.15) is 51.7 Å². The third-order valence-electron chi connectivity index (χ3n) is 11.2. The second-order valence-corrected chi connectivity index (χ2v) is 23.5. The standard InChI is InChI=1S/C26H54NO7P.C24H50NO7P/c1-5-6-7-8-9-10-11-12-13-14-15-16-17-18-19-20-26(29)32-23-25(28)24-34-35(30,31)33-22-21-27(2,3)4;1-5-6-7-8-9-10-11-12-13-14-15-16-17-18-24(27)30-21-23(26)22-32-33(28,29)31-20-19-25(2,3)4/h25,28H,5-24H2,1-4H3;23,26H,5-22H2,1-4H3/p+2/t25-;23-/m11/s1. The monoisotopic (exact) mass is 1020 g/mol. The predicted octanol–water partition coefficient (Wildman–Crippen LogP) is 11.2. The molecule has 0 amide bonds. The van der Waals surface area contributed by atoms with E-state index in [2.05, 4.69) is 13.8 Å². The topological polar surface area (TPSA) is 205 Å². The van der Waals surface area contributed by atoms with Gasteiger partial charge < -0.3 is 38.4 Å². The van der Waals surface area contributed by atoms with Crippen molar-refractivity contribution < 1.29 is 75.3 Å². The van der Waals surface area contributed by atoms with Crippen LogP contribution < -0.4 is 0 Å². The van der Waals surface area contributed by atoms with E-state index in [1.165, 1.54) is 141 Å². The first kappa shape index (κ1) is 69.1. The first-order valence-electron chi connectivity index (χ1n) is 26.6. The van der Waals surface area contributed by atoms with Crippen molar-refractivity contribution in [3.05, 3.63) is 0 Å². The van der Waals surface area contributed by atoms with Gasteiger partial charge in [0.2, 0.25) is 0 Å². The van der Waals surface area contributed by atoms with E-state index >= 15 is 0 Å². The molecule has 0 bridgehead atoms. The number of phosphoric acid groups is 2. The van der Waals surface area contributed by atoms with Crippen molar-refractivity contribution in [2.24, 2.45) is 0 Å². The minimum absolute atomic E-state index is 0.0570. The van der Waals surface area contributed by atoms with Crippen LogP contribution in [-0.2, 0) is 46.3 Å². The number of aliphatic hydroxyl groups excluding tert-OH is 2. The molecular weight excluding hydrogens is 914 g/mol. The minimum atomic E-state index is -4.24. The van der Waals surface area contributed by atoms with E-state index in [1.807, 2.05) is 42.3 Å². The molecular formula is C50H106N2O14P2+2. The smallest absolute Gasteiger partial charge is 0.463 e. The van der Waals surface area contributed by atoms with Crippen molar-refractivity contribution >= 4 is 27.6 Å². The zero-order valence-corrected chi connectivity index (χ0v) is 46.5. The van der Waals surface area contributed by atoms with Gasteiger partial charge in [-0.2, -0.15) is 0 Å². The summed E-state index contributed by atoms with van der Waals surface area (Å²) in [6, 6.07) is 0. The van der Waals surface area contributed by atoms with Gasteiger partial charge in [0.25, 0.3) is 0 Å². The molecule has 0 aliphatic heterocycles. The van der Waals surface area contributed by atoms with Crippen LogP contribution in [0.5, 0.6) is 0 Å². The Balaban J connectivity index is 0. The van der Waals surface area contributed by atoms with Gasteiger partial charge in [-0.05, 0) is 12.8 Å². The molecule has 0 aliphatic carbocycles. The number of nitrogens with zero attached hydrogens (tertiary/aromatic N) is 2. The second kappa shape index (κ2) is 44.7. The molecule has 4 N–H and O–H groups in total. The number of quaternary nitrogens is 2. The molecule has 16 nitrogen and oxygen atoms in total. The van der Waals surface area contributed by atoms with Crippen LogP contribution in [0.15, 0.2) is 0 Å². The number of carbonyl (C=O) groups excluding carboxylic acids is 2. The Morgan fingerprint density at radius 2 is 0.632 bits per heavy atom. The maximum Gasteiger partial charge on any atom is 0.472 e. The molecule has 0 rings (SSSR count). The molecule has 0 saturated carbocycles. The van der Waals surface area contributed by atoms with Crippen LogP contribution in [0.2, 0.25) is 0 Å². The average Bonchev–Trinajstić information content (AvgIpc) is 3.25. The van der Waals surface area contributed by atoms with Gasteiger partial charge in [-0.25, -0.2) is 9.13 Å². The summed E-state index contributed by atoms with van der Waals surface area (Å²) in [5.74, 6) is -0.742. The molecule has 68 heavy (non-hydrogen) atoms. The van der Waals surface area contributed by atoms with Crippen LogP contribution >= 0.6 is 15.6 Å². The molecule has 408 valence electrons. The summed E-state index contributed by atoms with van der Waals surface area (Å²) >= 11 is 0. The number of likely N-dealkylation sites (N-methyl/N-ethyl adjacent to an activating group) is 2. The third-order valence-corrected chi connectivity index (χ3v) is 13.2. The van der Waals surface area contributed by atoms with Crippen LogP contribution in [0.1, 0.15) is 206 Å². The first-order chi connectivity index (χ1) is 32.1. The molecule has 18 heteroatoms. The zero-order chi connectivity index (χ0) is 51.4. The number of rotatable bonds is 48. The molecule has 0 aromatic heterocycles. The molecule has 0 heterocycles. The Morgan fingerprint density at radius 1 is 0.397 bits per heavy atom. The number of hydrogen-bond donors (Lipinski definition) is 4. The van der Waals surface area contributed by atoms with Gasteiger partial charge in [-0.15, -0.1) is 0 Å². The van der Waals surface area contributed by atoms with Crippen LogP contribution in [0.3, 0.4) is 0 Å². The summed E-state index contributed by atoms with van der Waals surface area (Å²) in [5.41, 5.74) is 0. The van der Waals surface area contributed by atoms with Crippen molar-refractivity contribution in [1.29, 1.82) is 0 Å². The quantitative estimate of drug-likeness (QED) is 0.0194. The highest BCUT2D eigenvalue weighted by Gasteiger charge is 2.26. The molecule has 4 atom stereocenters. The lowest BCUT2D eigenvalue weighted by Crippen LogP contribution is -2.37. The number of unbranched alkanes of at least 4 members (excludes halogenated alkanes) is 26. The number of phosphoric ester groups is 2. The van der Waals surface area contributed by atoms with E-state index in [0.29, 0.717) is 34.9 Å². The van der Waals surface area contributed by atoms with Crippen LogP contribution in [0, 0.1) is 0 Å². The van der Waals surface area contributed by atoms with Crippen molar-refractivity contribution in [3.8, 4) is 0 Å². The van der Waals surface area contributed by atoms with Gasteiger partial charge >= 0.3 is 27.6 Å².